The van der Waals surface area contributed by atoms with Crippen LogP contribution in [-0.4, -0.2) is 37.2 Å². The van der Waals surface area contributed by atoms with E-state index in [1.807, 2.05) is 0 Å². The SMILES string of the molecule is CCCCCC/C=C\CCCCCCCC(=O)OCC(COC(=O)CCCCCCCCCCCCCCCCC/C=C\C/C=C\CCCCCCC)OC(=O)CCCCCCCCCCCCCCC/C=C\CCCCCCCCCC. The molecule has 6 heteroatoms. The molecule has 0 fully saturated rings. The number of carbonyl (C=O) groups is 3. The lowest BCUT2D eigenvalue weighted by Crippen LogP contribution is -2.30. The fourth-order valence-electron chi connectivity index (χ4n) is 11.2. The van der Waals surface area contributed by atoms with Crippen LogP contribution in [0.5, 0.6) is 0 Å². The summed E-state index contributed by atoms with van der Waals surface area (Å²) >= 11 is 0. The first-order chi connectivity index (χ1) is 41.0. The number of unbranched alkanes of at least 4 members (excludes halogenated alkanes) is 50. The normalized spacial score (nSPS) is 12.3. The highest BCUT2D eigenvalue weighted by Gasteiger charge is 2.19. The Morgan fingerprint density at radius 2 is 0.434 bits per heavy atom. The van der Waals surface area contributed by atoms with Gasteiger partial charge in [-0.2, -0.15) is 0 Å². The minimum absolute atomic E-state index is 0.0717. The topological polar surface area (TPSA) is 78.9 Å². The van der Waals surface area contributed by atoms with E-state index in [1.54, 1.807) is 0 Å². The van der Waals surface area contributed by atoms with Gasteiger partial charge in [0.05, 0.1) is 0 Å². The van der Waals surface area contributed by atoms with Crippen molar-refractivity contribution in [2.24, 2.45) is 0 Å². The van der Waals surface area contributed by atoms with Gasteiger partial charge in [0.2, 0.25) is 0 Å². The Balaban J connectivity index is 4.22. The molecule has 0 aromatic carbocycles. The molecule has 0 radical (unpaired) electrons. The van der Waals surface area contributed by atoms with E-state index in [9.17, 15) is 14.4 Å². The zero-order valence-corrected chi connectivity index (χ0v) is 56.0. The number of rotatable bonds is 69. The van der Waals surface area contributed by atoms with Crippen molar-refractivity contribution < 1.29 is 28.6 Å². The van der Waals surface area contributed by atoms with Crippen molar-refractivity contribution >= 4 is 17.9 Å². The fourth-order valence-corrected chi connectivity index (χ4v) is 11.2. The van der Waals surface area contributed by atoms with Gasteiger partial charge in [-0.25, -0.2) is 0 Å². The van der Waals surface area contributed by atoms with Gasteiger partial charge in [0, 0.05) is 19.3 Å². The Labute approximate surface area is 518 Å². The van der Waals surface area contributed by atoms with Crippen molar-refractivity contribution in [3.05, 3.63) is 48.6 Å². The summed E-state index contributed by atoms with van der Waals surface area (Å²) in [5, 5.41) is 0. The Kier molecular flexibility index (Phi) is 69.6. The summed E-state index contributed by atoms with van der Waals surface area (Å²) in [6.07, 6.45) is 91.5. The van der Waals surface area contributed by atoms with Crippen LogP contribution in [0.2, 0.25) is 0 Å². The van der Waals surface area contributed by atoms with Crippen LogP contribution in [0.4, 0.5) is 0 Å². The second-order valence-electron chi connectivity index (χ2n) is 25.2. The molecule has 0 aliphatic rings. The van der Waals surface area contributed by atoms with E-state index in [-0.39, 0.29) is 31.1 Å². The van der Waals surface area contributed by atoms with E-state index in [0.29, 0.717) is 19.3 Å². The van der Waals surface area contributed by atoms with E-state index >= 15 is 0 Å². The van der Waals surface area contributed by atoms with Crippen LogP contribution in [0.1, 0.15) is 406 Å². The van der Waals surface area contributed by atoms with E-state index in [2.05, 4.69) is 69.4 Å². The molecular formula is C77H142O6. The number of allylic oxidation sites excluding steroid dienone is 8. The average molecular weight is 1160 g/mol. The van der Waals surface area contributed by atoms with Crippen molar-refractivity contribution in [1.82, 2.24) is 0 Å². The Hall–Kier alpha value is -2.63. The Morgan fingerprint density at radius 1 is 0.241 bits per heavy atom. The molecule has 0 aliphatic carbocycles. The molecule has 1 atom stereocenters. The Bertz CT molecular complexity index is 1430. The zero-order valence-electron chi connectivity index (χ0n) is 56.0. The van der Waals surface area contributed by atoms with Gasteiger partial charge < -0.3 is 14.2 Å². The molecule has 0 spiro atoms. The maximum absolute atomic E-state index is 13.0. The predicted octanol–water partition coefficient (Wildman–Crippen LogP) is 25.7. The second-order valence-corrected chi connectivity index (χ2v) is 25.2. The van der Waals surface area contributed by atoms with E-state index in [0.717, 1.165) is 70.6 Å². The van der Waals surface area contributed by atoms with Gasteiger partial charge in [0.25, 0.3) is 0 Å². The summed E-state index contributed by atoms with van der Waals surface area (Å²) in [4.78, 5) is 38.5. The quantitative estimate of drug-likeness (QED) is 0.0261. The molecule has 1 unspecified atom stereocenters. The lowest BCUT2D eigenvalue weighted by molar-refractivity contribution is -0.167. The van der Waals surface area contributed by atoms with Crippen LogP contribution in [0.15, 0.2) is 48.6 Å². The van der Waals surface area contributed by atoms with Crippen molar-refractivity contribution in [2.75, 3.05) is 13.2 Å². The summed E-state index contributed by atoms with van der Waals surface area (Å²) in [6, 6.07) is 0. The maximum Gasteiger partial charge on any atom is 0.306 e. The molecule has 0 amide bonds. The number of hydrogen-bond donors (Lipinski definition) is 0. The summed E-state index contributed by atoms with van der Waals surface area (Å²) in [5.41, 5.74) is 0. The molecule has 83 heavy (non-hydrogen) atoms. The first-order valence-corrected chi connectivity index (χ1v) is 37.1. The predicted molar refractivity (Wildman–Crippen MR) is 362 cm³/mol. The largest absolute Gasteiger partial charge is 0.462 e. The lowest BCUT2D eigenvalue weighted by Gasteiger charge is -2.18. The van der Waals surface area contributed by atoms with Crippen LogP contribution in [0.3, 0.4) is 0 Å². The van der Waals surface area contributed by atoms with Crippen LogP contribution in [0, 0.1) is 0 Å². The van der Waals surface area contributed by atoms with Gasteiger partial charge in [-0.15, -0.1) is 0 Å². The first-order valence-electron chi connectivity index (χ1n) is 37.1. The van der Waals surface area contributed by atoms with Gasteiger partial charge in [-0.3, -0.25) is 14.4 Å². The molecule has 0 aromatic rings. The van der Waals surface area contributed by atoms with E-state index in [1.165, 1.54) is 295 Å². The van der Waals surface area contributed by atoms with Crippen LogP contribution >= 0.6 is 0 Å². The summed E-state index contributed by atoms with van der Waals surface area (Å²) in [7, 11) is 0. The van der Waals surface area contributed by atoms with Crippen LogP contribution < -0.4 is 0 Å². The molecule has 0 rings (SSSR count). The minimum atomic E-state index is -0.776. The molecule has 486 valence electrons. The molecule has 0 saturated carbocycles. The number of esters is 3. The summed E-state index contributed by atoms with van der Waals surface area (Å²) in [5.74, 6) is -0.854. The standard InChI is InChI=1S/C77H142O6/c1-4-7-10-13-16-19-22-25-27-29-31-33-35-37-38-40-41-43-45-47-49-52-55-58-61-64-67-70-76(79)82-73-74(72-81-75(78)69-66-63-60-57-54-51-24-21-18-15-12-9-6-3)83-77(80)71-68-65-62-59-56-53-50-48-46-44-42-39-36-34-32-30-28-26-23-20-17-14-11-8-5-2/h21-22,24-25,29-32,74H,4-20,23,26-28,33-73H2,1-3H3/b24-21-,25-22-,31-29-,32-30-. The van der Waals surface area contributed by atoms with E-state index in [4.69, 9.17) is 14.2 Å². The molecule has 0 aromatic heterocycles. The molecule has 0 N–H and O–H groups in total. The third kappa shape index (κ3) is 70.0. The average Bonchev–Trinajstić information content (AvgIpc) is 3.49. The van der Waals surface area contributed by atoms with Crippen molar-refractivity contribution in [3.8, 4) is 0 Å². The smallest absolute Gasteiger partial charge is 0.306 e. The molecule has 0 bridgehead atoms. The highest BCUT2D eigenvalue weighted by molar-refractivity contribution is 5.71. The number of ether oxygens (including phenoxy) is 3. The van der Waals surface area contributed by atoms with Crippen molar-refractivity contribution in [2.45, 2.75) is 412 Å². The highest BCUT2D eigenvalue weighted by Crippen LogP contribution is 2.18. The molecule has 0 heterocycles. The molecule has 0 saturated heterocycles. The molecular weight excluding hydrogens is 1020 g/mol. The second kappa shape index (κ2) is 71.8. The van der Waals surface area contributed by atoms with Gasteiger partial charge in [-0.1, -0.05) is 333 Å². The molecule has 0 aliphatic heterocycles. The summed E-state index contributed by atoms with van der Waals surface area (Å²) < 4.78 is 17.0. The maximum atomic E-state index is 13.0. The monoisotopic (exact) mass is 1160 g/mol. The Morgan fingerprint density at radius 3 is 0.687 bits per heavy atom. The molecule has 6 nitrogen and oxygen atoms in total. The number of carbonyl (C=O) groups excluding carboxylic acids is 3. The fraction of sp³-hybridized carbons (Fsp3) is 0.857. The number of hydrogen-bond acceptors (Lipinski definition) is 6. The van der Waals surface area contributed by atoms with Crippen molar-refractivity contribution in [1.29, 1.82) is 0 Å². The third-order valence-electron chi connectivity index (χ3n) is 16.8. The lowest BCUT2D eigenvalue weighted by atomic mass is 10.0. The minimum Gasteiger partial charge on any atom is -0.462 e. The van der Waals surface area contributed by atoms with E-state index < -0.39 is 6.10 Å². The zero-order chi connectivity index (χ0) is 59.9. The van der Waals surface area contributed by atoms with Gasteiger partial charge in [0.15, 0.2) is 6.10 Å². The van der Waals surface area contributed by atoms with Crippen molar-refractivity contribution in [3.63, 3.8) is 0 Å². The van der Waals surface area contributed by atoms with Gasteiger partial charge in [-0.05, 0) is 103 Å². The third-order valence-corrected chi connectivity index (χ3v) is 16.8. The van der Waals surface area contributed by atoms with Gasteiger partial charge >= 0.3 is 17.9 Å². The van der Waals surface area contributed by atoms with Crippen LogP contribution in [0.25, 0.3) is 0 Å². The highest BCUT2D eigenvalue weighted by atomic mass is 16.6. The van der Waals surface area contributed by atoms with Crippen LogP contribution in [-0.2, 0) is 28.6 Å². The van der Waals surface area contributed by atoms with Gasteiger partial charge in [0.1, 0.15) is 13.2 Å². The first kappa shape index (κ1) is 80.4. The summed E-state index contributed by atoms with van der Waals surface area (Å²) in [6.45, 7) is 6.68.